The first-order valence-electron chi connectivity index (χ1n) is 11.5. The van der Waals surface area contributed by atoms with Crippen molar-refractivity contribution in [1.29, 1.82) is 0 Å². The van der Waals surface area contributed by atoms with E-state index in [9.17, 15) is 4.79 Å². The molecule has 2 atom stereocenters. The molecular weight excluding hydrogens is 444 g/mol. The van der Waals surface area contributed by atoms with Crippen LogP contribution in [0.25, 0.3) is 0 Å². The summed E-state index contributed by atoms with van der Waals surface area (Å²) < 4.78 is 11.6. The van der Waals surface area contributed by atoms with E-state index in [1.165, 1.54) is 12.8 Å². The molecule has 1 aliphatic heterocycles. The first-order valence-corrected chi connectivity index (χ1v) is 12.7. The number of hydrazone groups is 1. The van der Waals surface area contributed by atoms with Crippen molar-refractivity contribution in [2.75, 3.05) is 25.1 Å². The number of hydrogen-bond acceptors (Lipinski definition) is 4. The highest BCUT2D eigenvalue weighted by Crippen LogP contribution is 2.39. The van der Waals surface area contributed by atoms with Crippen LogP contribution in [-0.4, -0.2) is 41.7 Å². The molecule has 0 spiro atoms. The number of hydrogen-bond donors (Lipinski definition) is 0. The number of unbranched alkanes of at least 4 members (excludes halogenated alkanes) is 3. The van der Waals surface area contributed by atoms with Crippen molar-refractivity contribution in [2.24, 2.45) is 16.9 Å². The van der Waals surface area contributed by atoms with Gasteiger partial charge < -0.3 is 9.47 Å². The molecule has 30 heavy (non-hydrogen) atoms. The molecule has 1 aliphatic carbocycles. The van der Waals surface area contributed by atoms with Crippen LogP contribution in [-0.2, 0) is 4.79 Å². The molecule has 6 heteroatoms. The highest BCUT2D eigenvalue weighted by atomic mass is 79.9. The Morgan fingerprint density at radius 1 is 1.00 bits per heavy atom. The van der Waals surface area contributed by atoms with Crippen LogP contribution in [0.5, 0.6) is 11.5 Å². The molecule has 1 saturated carbocycles. The second-order valence-corrected chi connectivity index (χ2v) is 8.87. The van der Waals surface area contributed by atoms with E-state index < -0.39 is 0 Å². The van der Waals surface area contributed by atoms with Gasteiger partial charge in [-0.15, -0.1) is 0 Å². The van der Waals surface area contributed by atoms with Crippen LogP contribution in [0.2, 0.25) is 0 Å². The van der Waals surface area contributed by atoms with Crippen LogP contribution >= 0.6 is 15.9 Å². The molecule has 0 unspecified atom stereocenters. The molecule has 1 heterocycles. The fraction of sp³-hybridized carbons (Fsp3) is 0.667. The largest absolute Gasteiger partial charge is 0.490 e. The Labute approximate surface area is 189 Å². The zero-order valence-electron chi connectivity index (χ0n) is 18.4. The van der Waals surface area contributed by atoms with Crippen LogP contribution in [0.15, 0.2) is 23.3 Å². The van der Waals surface area contributed by atoms with Crippen LogP contribution in [0, 0.1) is 11.8 Å². The van der Waals surface area contributed by atoms with Gasteiger partial charge in [-0.05, 0) is 57.7 Å². The number of benzene rings is 1. The third-order valence-electron chi connectivity index (χ3n) is 6.01. The first kappa shape index (κ1) is 23.1. The fourth-order valence-corrected chi connectivity index (χ4v) is 4.95. The Kier molecular flexibility index (Phi) is 9.04. The number of ether oxygens (including phenoxy) is 2. The molecule has 1 aromatic carbocycles. The molecule has 3 rings (SSSR count). The number of fused-ring (bicyclic) bond motifs is 1. The number of alkyl halides is 1. The molecule has 5 nitrogen and oxygen atoms in total. The Morgan fingerprint density at radius 2 is 1.70 bits per heavy atom. The van der Waals surface area contributed by atoms with Crippen molar-refractivity contribution in [1.82, 2.24) is 5.01 Å². The quantitative estimate of drug-likeness (QED) is 0.298. The first-order chi connectivity index (χ1) is 14.7. The normalized spacial score (nSPS) is 21.2. The summed E-state index contributed by atoms with van der Waals surface area (Å²) in [6.45, 7) is 5.85. The van der Waals surface area contributed by atoms with Gasteiger partial charge >= 0.3 is 0 Å². The van der Waals surface area contributed by atoms with Crippen molar-refractivity contribution in [3.8, 4) is 11.5 Å². The van der Waals surface area contributed by atoms with Crippen molar-refractivity contribution in [3.05, 3.63) is 23.8 Å². The maximum Gasteiger partial charge on any atom is 0.246 e. The summed E-state index contributed by atoms with van der Waals surface area (Å²) >= 11 is 3.49. The molecule has 0 N–H and O–H groups in total. The maximum atomic E-state index is 13.1. The van der Waals surface area contributed by atoms with Crippen LogP contribution in [0.1, 0.15) is 70.8 Å². The smallest absolute Gasteiger partial charge is 0.246 e. The molecule has 1 amide bonds. The van der Waals surface area contributed by atoms with Crippen molar-refractivity contribution in [3.63, 3.8) is 0 Å². The van der Waals surface area contributed by atoms with Gasteiger partial charge in [-0.25, -0.2) is 5.01 Å². The monoisotopic (exact) mass is 478 g/mol. The molecule has 0 saturated heterocycles. The lowest BCUT2D eigenvalue weighted by Crippen LogP contribution is -2.46. The van der Waals surface area contributed by atoms with Gasteiger partial charge in [0.05, 0.1) is 18.9 Å². The minimum absolute atomic E-state index is 0.0657. The van der Waals surface area contributed by atoms with Crippen LogP contribution in [0.3, 0.4) is 0 Å². The predicted octanol–water partition coefficient (Wildman–Crippen LogP) is 5.79. The summed E-state index contributed by atoms with van der Waals surface area (Å²) in [5, 5.41) is 7.71. The highest BCUT2D eigenvalue weighted by Gasteiger charge is 2.41. The molecule has 0 bridgehead atoms. The molecule has 1 fully saturated rings. The van der Waals surface area contributed by atoms with Crippen molar-refractivity contribution < 1.29 is 14.3 Å². The van der Waals surface area contributed by atoms with Gasteiger partial charge in [0.2, 0.25) is 5.91 Å². The topological polar surface area (TPSA) is 51.1 Å². The number of carbonyl (C=O) groups excluding carboxylic acids is 1. The van der Waals surface area contributed by atoms with Crippen LogP contribution in [0.4, 0.5) is 0 Å². The fourth-order valence-electron chi connectivity index (χ4n) is 4.55. The van der Waals surface area contributed by atoms with Gasteiger partial charge in [-0.2, -0.15) is 5.10 Å². The lowest BCUT2D eigenvalue weighted by Gasteiger charge is -2.38. The van der Waals surface area contributed by atoms with E-state index in [1.54, 1.807) is 5.01 Å². The van der Waals surface area contributed by atoms with Gasteiger partial charge in [0.25, 0.3) is 0 Å². The maximum absolute atomic E-state index is 13.1. The Balaban J connectivity index is 1.86. The third kappa shape index (κ3) is 5.57. The van der Waals surface area contributed by atoms with Crippen LogP contribution < -0.4 is 9.47 Å². The van der Waals surface area contributed by atoms with Gasteiger partial charge in [0.1, 0.15) is 0 Å². The highest BCUT2D eigenvalue weighted by molar-refractivity contribution is 9.09. The van der Waals surface area contributed by atoms with E-state index in [4.69, 9.17) is 14.6 Å². The standard InChI is InChI=1S/C24H35BrN2O3/c1-3-29-21-14-13-18(17-22(21)30-4-2)23-19-11-7-8-12-20(19)24(28)27(26-23)16-10-6-5-9-15-25/h13-14,17,19-20H,3-12,15-16H2,1-2H3/t19-,20+/m1/s1. The van der Waals surface area contributed by atoms with Crippen molar-refractivity contribution in [2.45, 2.75) is 65.2 Å². The zero-order chi connectivity index (χ0) is 21.3. The Bertz CT molecular complexity index is 737. The average Bonchev–Trinajstić information content (AvgIpc) is 2.77. The van der Waals surface area contributed by atoms with E-state index >= 15 is 0 Å². The van der Waals surface area contributed by atoms with Gasteiger partial charge in [0.15, 0.2) is 11.5 Å². The lowest BCUT2D eigenvalue weighted by atomic mass is 9.73. The molecule has 0 radical (unpaired) electrons. The van der Waals surface area contributed by atoms with Gasteiger partial charge in [-0.3, -0.25) is 4.79 Å². The number of rotatable bonds is 11. The number of halogens is 1. The third-order valence-corrected chi connectivity index (χ3v) is 6.57. The summed E-state index contributed by atoms with van der Waals surface area (Å²) in [5.41, 5.74) is 2.10. The minimum atomic E-state index is 0.0657. The molecule has 1 aromatic rings. The molecular formula is C24H35BrN2O3. The van der Waals surface area contributed by atoms with E-state index in [0.29, 0.717) is 19.8 Å². The van der Waals surface area contributed by atoms with E-state index in [2.05, 4.69) is 22.0 Å². The van der Waals surface area contributed by atoms with E-state index in [0.717, 1.165) is 66.6 Å². The Hall–Kier alpha value is -1.56. The number of nitrogens with zero attached hydrogens (tertiary/aromatic N) is 2. The van der Waals surface area contributed by atoms with Gasteiger partial charge in [0, 0.05) is 29.3 Å². The summed E-state index contributed by atoms with van der Waals surface area (Å²) in [5.74, 6) is 2.02. The van der Waals surface area contributed by atoms with Gasteiger partial charge in [-0.1, -0.05) is 41.6 Å². The summed E-state index contributed by atoms with van der Waals surface area (Å²) in [4.78, 5) is 13.1. The second-order valence-electron chi connectivity index (χ2n) is 8.07. The lowest BCUT2D eigenvalue weighted by molar-refractivity contribution is -0.139. The molecule has 166 valence electrons. The SMILES string of the molecule is CCOc1ccc(C2=NN(CCCCCCBr)C(=O)[C@H]3CCCC[C@@H]23)cc1OCC. The summed E-state index contributed by atoms with van der Waals surface area (Å²) in [7, 11) is 0. The number of carbonyl (C=O) groups is 1. The Morgan fingerprint density at radius 3 is 2.43 bits per heavy atom. The van der Waals surface area contributed by atoms with Crippen molar-refractivity contribution >= 4 is 27.5 Å². The minimum Gasteiger partial charge on any atom is -0.490 e. The number of amides is 1. The second kappa shape index (κ2) is 11.7. The molecule has 0 aromatic heterocycles. The average molecular weight is 479 g/mol. The summed E-state index contributed by atoms with van der Waals surface area (Å²) in [6, 6.07) is 6.09. The van der Waals surface area contributed by atoms with E-state index in [-0.39, 0.29) is 17.7 Å². The molecule has 2 aliphatic rings. The zero-order valence-corrected chi connectivity index (χ0v) is 20.0. The van der Waals surface area contributed by atoms with E-state index in [1.807, 2.05) is 26.0 Å². The summed E-state index contributed by atoms with van der Waals surface area (Å²) in [6.07, 6.45) is 8.80. The predicted molar refractivity (Wildman–Crippen MR) is 125 cm³/mol.